The van der Waals surface area contributed by atoms with Gasteiger partial charge in [-0.15, -0.1) is 0 Å². The van der Waals surface area contributed by atoms with Gasteiger partial charge in [0.2, 0.25) is 5.10 Å². The lowest BCUT2D eigenvalue weighted by molar-refractivity contribution is -0.672. The number of fused-ring (bicyclic) bond motifs is 1. The largest absolute Gasteiger partial charge is 0.739 e. The van der Waals surface area contributed by atoms with E-state index in [2.05, 4.69) is 5.10 Å². The molecule has 1 heterocycles. The van der Waals surface area contributed by atoms with Crippen LogP contribution in [0, 0.1) is 17.3 Å². The molecule has 2 aromatic rings. The second-order valence-electron chi connectivity index (χ2n) is 2.97. The van der Waals surface area contributed by atoms with Gasteiger partial charge in [-0.1, -0.05) is 12.1 Å². The van der Waals surface area contributed by atoms with E-state index in [0.29, 0.717) is 15.1 Å². The third-order valence-corrected chi connectivity index (χ3v) is 2.03. The maximum Gasteiger partial charge on any atom is 0.458 e. The van der Waals surface area contributed by atoms with Crippen LogP contribution in [-0.2, 0) is 0 Å². The number of hydrogen-bond acceptors (Lipinski definition) is 4. The fourth-order valence-electron chi connectivity index (χ4n) is 1.36. The molecule has 0 amide bonds. The van der Waals surface area contributed by atoms with Gasteiger partial charge in [0.25, 0.3) is 0 Å². The number of nitrogen functional groups attached to an aromatic ring is 1. The third kappa shape index (κ3) is 1.00. The highest BCUT2D eigenvalue weighted by atomic mass is 16.5. The normalized spacial score (nSPS) is 10.6. The van der Waals surface area contributed by atoms with Crippen molar-refractivity contribution in [2.75, 3.05) is 5.73 Å². The van der Waals surface area contributed by atoms with Gasteiger partial charge in [0.1, 0.15) is 0 Å². The second kappa shape index (κ2) is 2.69. The molecule has 0 saturated heterocycles. The summed E-state index contributed by atoms with van der Waals surface area (Å²) in [7, 11) is 0. The maximum absolute atomic E-state index is 11.4. The van der Waals surface area contributed by atoms with Crippen molar-refractivity contribution in [2.24, 2.45) is 0 Å². The van der Waals surface area contributed by atoms with E-state index in [4.69, 9.17) is 5.73 Å². The molecule has 1 aromatic heterocycles. The van der Waals surface area contributed by atoms with Crippen LogP contribution >= 0.6 is 0 Å². The maximum atomic E-state index is 11.4. The highest BCUT2D eigenvalue weighted by molar-refractivity contribution is 5.71. The van der Waals surface area contributed by atoms with Crippen molar-refractivity contribution in [2.45, 2.75) is 6.92 Å². The van der Waals surface area contributed by atoms with Gasteiger partial charge >= 0.3 is 11.5 Å². The molecule has 0 spiro atoms. The van der Waals surface area contributed by atoms with Crippen LogP contribution in [0.25, 0.3) is 11.0 Å². The summed E-state index contributed by atoms with van der Waals surface area (Å²) in [6.07, 6.45) is 0. The molecule has 72 valence electrons. The molecule has 0 aliphatic rings. The lowest BCUT2D eigenvalue weighted by atomic mass is 10.2. The minimum atomic E-state index is -0.349. The molecule has 0 fully saturated rings. The smallest absolute Gasteiger partial charge is 0.458 e. The number of para-hydroxylation sites is 1. The molecule has 0 atom stereocenters. The van der Waals surface area contributed by atoms with Gasteiger partial charge in [0.05, 0.1) is 0 Å². The van der Waals surface area contributed by atoms with E-state index in [0.717, 1.165) is 0 Å². The number of hydrogen-bond donors (Lipinski definition) is 1. The Morgan fingerprint density at radius 1 is 1.36 bits per heavy atom. The second-order valence-corrected chi connectivity index (χ2v) is 2.97. The van der Waals surface area contributed by atoms with Gasteiger partial charge in [0, 0.05) is 10.4 Å². The van der Waals surface area contributed by atoms with Gasteiger partial charge < -0.3 is 10.4 Å². The van der Waals surface area contributed by atoms with Crippen LogP contribution in [0.4, 0.5) is 5.95 Å². The summed E-state index contributed by atoms with van der Waals surface area (Å²) in [5.74, 6) is -0.349. The van der Waals surface area contributed by atoms with Crippen molar-refractivity contribution in [3.63, 3.8) is 0 Å². The zero-order valence-corrected chi connectivity index (χ0v) is 7.47. The fraction of sp³-hybridized carbons (Fsp3) is 0.125. The Morgan fingerprint density at radius 2 is 2.07 bits per heavy atom. The van der Waals surface area contributed by atoms with E-state index in [-0.39, 0.29) is 17.0 Å². The minimum Gasteiger partial charge on any atom is -0.739 e. The third-order valence-electron chi connectivity index (χ3n) is 2.03. The molecule has 2 rings (SSSR count). The SMILES string of the molecule is Cc1cccc2c1[n+]([O-])nc(N)[n+]2[O-]. The van der Waals surface area contributed by atoms with Crippen LogP contribution in [0.15, 0.2) is 18.2 Å². The van der Waals surface area contributed by atoms with Crippen molar-refractivity contribution < 1.29 is 9.58 Å². The lowest BCUT2D eigenvalue weighted by Crippen LogP contribution is -2.44. The standard InChI is InChI=1S/C8H8N4O2/c1-5-3-2-4-6-7(5)12(14)10-8(9)11(6)13/h2-4H,1H3,(H2,9,10). The number of benzene rings is 1. The van der Waals surface area contributed by atoms with Crippen molar-refractivity contribution >= 4 is 17.0 Å². The van der Waals surface area contributed by atoms with E-state index in [1.165, 1.54) is 6.07 Å². The number of anilines is 1. The molecule has 0 aliphatic heterocycles. The van der Waals surface area contributed by atoms with Crippen LogP contribution in [0.3, 0.4) is 0 Å². The average Bonchev–Trinajstić information content (AvgIpc) is 2.14. The Labute approximate surface area is 79.4 Å². The molecule has 14 heavy (non-hydrogen) atoms. The molecule has 1 aromatic carbocycles. The van der Waals surface area contributed by atoms with Gasteiger partial charge in [-0.25, -0.2) is 4.73 Å². The fourth-order valence-corrected chi connectivity index (χ4v) is 1.36. The predicted octanol–water partition coefficient (Wildman–Crippen LogP) is -0.608. The van der Waals surface area contributed by atoms with Gasteiger partial charge in [0.15, 0.2) is 5.52 Å². The lowest BCUT2D eigenvalue weighted by Gasteiger charge is -2.07. The molecular weight excluding hydrogens is 184 g/mol. The summed E-state index contributed by atoms with van der Waals surface area (Å²) in [6.45, 7) is 1.73. The summed E-state index contributed by atoms with van der Waals surface area (Å²) in [4.78, 5) is 0.369. The first-order valence-corrected chi connectivity index (χ1v) is 3.99. The highest BCUT2D eigenvalue weighted by Crippen LogP contribution is 2.09. The molecule has 6 heteroatoms. The summed E-state index contributed by atoms with van der Waals surface area (Å²) in [5.41, 5.74) is 6.42. The van der Waals surface area contributed by atoms with Crippen molar-refractivity contribution in [3.05, 3.63) is 34.2 Å². The first kappa shape index (κ1) is 8.49. The molecule has 0 radical (unpaired) electrons. The number of nitrogens with two attached hydrogens (primary N) is 1. The number of aryl methyl sites for hydroxylation is 1. The van der Waals surface area contributed by atoms with Crippen LogP contribution in [0.2, 0.25) is 0 Å². The van der Waals surface area contributed by atoms with Crippen molar-refractivity contribution in [1.29, 1.82) is 0 Å². The Morgan fingerprint density at radius 3 is 2.79 bits per heavy atom. The van der Waals surface area contributed by atoms with Gasteiger partial charge in [-0.2, -0.15) is 0 Å². The molecule has 2 N–H and O–H groups in total. The van der Waals surface area contributed by atoms with E-state index in [9.17, 15) is 10.4 Å². The van der Waals surface area contributed by atoms with E-state index in [1.807, 2.05) is 0 Å². The van der Waals surface area contributed by atoms with E-state index >= 15 is 0 Å². The summed E-state index contributed by atoms with van der Waals surface area (Å²) >= 11 is 0. The molecule has 0 unspecified atom stereocenters. The molecule has 0 aliphatic carbocycles. The van der Waals surface area contributed by atoms with Crippen LogP contribution < -0.4 is 15.3 Å². The van der Waals surface area contributed by atoms with Crippen LogP contribution in [0.5, 0.6) is 0 Å². The molecule has 0 saturated carbocycles. The number of rotatable bonds is 0. The Balaban J connectivity index is 3.02. The summed E-state index contributed by atoms with van der Waals surface area (Å²) in [6, 6.07) is 4.95. The summed E-state index contributed by atoms with van der Waals surface area (Å²) < 4.78 is 0.441. The van der Waals surface area contributed by atoms with E-state index in [1.54, 1.807) is 19.1 Å². The Kier molecular flexibility index (Phi) is 1.63. The van der Waals surface area contributed by atoms with Gasteiger partial charge in [-0.3, -0.25) is 5.73 Å². The molecular formula is C8H8N4O2. The first-order valence-electron chi connectivity index (χ1n) is 3.99. The quantitative estimate of drug-likeness (QED) is 0.445. The number of nitrogens with zero attached hydrogens (tertiary/aromatic N) is 3. The number of aromatic nitrogens is 3. The minimum absolute atomic E-state index is 0.229. The predicted molar refractivity (Wildman–Crippen MR) is 48.8 cm³/mol. The Bertz CT molecular complexity index is 512. The summed E-state index contributed by atoms with van der Waals surface area (Å²) in [5, 5.41) is 26.1. The highest BCUT2D eigenvalue weighted by Gasteiger charge is 2.18. The average molecular weight is 192 g/mol. The van der Waals surface area contributed by atoms with Crippen LogP contribution in [-0.4, -0.2) is 5.10 Å². The van der Waals surface area contributed by atoms with E-state index < -0.39 is 0 Å². The zero-order valence-electron chi connectivity index (χ0n) is 7.47. The zero-order chi connectivity index (χ0) is 10.3. The Hall–Kier alpha value is -2.11. The van der Waals surface area contributed by atoms with Crippen molar-refractivity contribution in [1.82, 2.24) is 5.10 Å². The topological polar surface area (TPSA) is 92.8 Å². The van der Waals surface area contributed by atoms with Crippen molar-refractivity contribution in [3.8, 4) is 0 Å². The monoisotopic (exact) mass is 192 g/mol. The van der Waals surface area contributed by atoms with Gasteiger partial charge in [-0.05, 0) is 13.0 Å². The molecule has 6 nitrogen and oxygen atoms in total. The molecule has 0 bridgehead atoms. The first-order chi connectivity index (χ1) is 6.61. The van der Waals surface area contributed by atoms with Crippen LogP contribution in [0.1, 0.15) is 5.56 Å².